The van der Waals surface area contributed by atoms with Crippen molar-refractivity contribution < 1.29 is 35.6 Å². The number of halogens is 1. The van der Waals surface area contributed by atoms with Crippen LogP contribution in [0.3, 0.4) is 0 Å². The number of hydrogen-bond acceptors (Lipinski definition) is 3. The van der Waals surface area contributed by atoms with Crippen molar-refractivity contribution in [1.29, 1.82) is 0 Å². The second-order valence-electron chi connectivity index (χ2n) is 13.6. The first kappa shape index (κ1) is 39.7. The van der Waals surface area contributed by atoms with Crippen LogP contribution in [0.1, 0.15) is 153 Å². The van der Waals surface area contributed by atoms with Gasteiger partial charge in [0.15, 0.2) is 3.57 Å². The maximum absolute atomic E-state index is 12.6. The maximum Gasteiger partial charge on any atom is 0.297 e. The Morgan fingerprint density at radius 1 is 0.553 bits per heavy atom. The van der Waals surface area contributed by atoms with Gasteiger partial charge in [-0.1, -0.05) is 159 Å². The Morgan fingerprint density at radius 2 is 1.00 bits per heavy atom. The van der Waals surface area contributed by atoms with Gasteiger partial charge in [-0.25, -0.2) is 8.42 Å². The van der Waals surface area contributed by atoms with E-state index in [1.165, 1.54) is 126 Å². The van der Waals surface area contributed by atoms with E-state index in [-0.39, 0.29) is 4.90 Å². The lowest BCUT2D eigenvalue weighted by Gasteiger charge is -2.20. The van der Waals surface area contributed by atoms with Gasteiger partial charge in [-0.05, 0) is 78.6 Å². The molecule has 0 aliphatic rings. The third-order valence-corrected chi connectivity index (χ3v) is 11.5. The highest BCUT2D eigenvalue weighted by Gasteiger charge is 2.22. The number of hydrogen-bond donors (Lipinski definition) is 0. The van der Waals surface area contributed by atoms with Crippen molar-refractivity contribution in [3.63, 3.8) is 0 Å². The predicted octanol–water partition coefficient (Wildman–Crippen LogP) is 9.23. The number of unbranched alkanes of at least 4 members (excludes halogenated alkanes) is 17. The molecule has 3 aromatic rings. The summed E-state index contributed by atoms with van der Waals surface area (Å²) in [6, 6.07) is 18.1. The molecule has 0 amide bonds. The molecule has 47 heavy (non-hydrogen) atoms. The zero-order valence-corrected chi connectivity index (χ0v) is 32.7. The molecular weight excluding hydrogens is 711 g/mol. The van der Waals surface area contributed by atoms with Crippen LogP contribution >= 0.6 is 0 Å². The third kappa shape index (κ3) is 14.0. The molecule has 0 aliphatic heterocycles. The fourth-order valence-electron chi connectivity index (χ4n) is 6.75. The minimum absolute atomic E-state index is 0.134. The van der Waals surface area contributed by atoms with Gasteiger partial charge in [0.2, 0.25) is 0 Å². The van der Waals surface area contributed by atoms with Crippen LogP contribution in [0, 0.1) is 10.5 Å². The van der Waals surface area contributed by atoms with E-state index < -0.39 is 10.1 Å². The lowest BCUT2D eigenvalue weighted by atomic mass is 9.89. The smallest absolute Gasteiger partial charge is 0.297 e. The van der Waals surface area contributed by atoms with Crippen molar-refractivity contribution in [1.82, 2.24) is 0 Å². The highest BCUT2D eigenvalue weighted by atomic mass is 127. The second-order valence-corrected chi connectivity index (χ2v) is 16.2. The van der Waals surface area contributed by atoms with Crippen molar-refractivity contribution in [2.75, 3.05) is 0 Å². The normalized spacial score (nSPS) is 11.8. The quantitative estimate of drug-likeness (QED) is 0.0519. The van der Waals surface area contributed by atoms with Gasteiger partial charge in [-0.15, -0.1) is 0 Å². The average molecular weight is 773 g/mol. The summed E-state index contributed by atoms with van der Waals surface area (Å²) in [4.78, 5) is -0.134. The van der Waals surface area contributed by atoms with E-state index in [2.05, 4.69) is 44.2 Å². The number of benzene rings is 3. The highest BCUT2D eigenvalue weighted by molar-refractivity contribution is 7.85. The molecule has 5 heteroatoms. The van der Waals surface area contributed by atoms with E-state index >= 15 is 0 Å². The van der Waals surface area contributed by atoms with Gasteiger partial charge < -0.3 is 4.55 Å². The lowest BCUT2D eigenvalue weighted by molar-refractivity contribution is -0.326. The number of aryl methyl sites for hydroxylation is 3. The molecule has 3 aromatic carbocycles. The Kier molecular flexibility index (Phi) is 18.7. The van der Waals surface area contributed by atoms with Crippen LogP contribution in [-0.4, -0.2) is 13.0 Å². The monoisotopic (exact) mass is 772 g/mol. The Labute approximate surface area is 301 Å². The van der Waals surface area contributed by atoms with E-state index in [0.717, 1.165) is 51.5 Å². The molecule has 0 heterocycles. The summed E-state index contributed by atoms with van der Waals surface area (Å²) >= 11 is 1.99. The van der Waals surface area contributed by atoms with E-state index in [9.17, 15) is 13.0 Å². The summed E-state index contributed by atoms with van der Waals surface area (Å²) in [5, 5.41) is 0. The molecule has 0 bridgehead atoms. The van der Waals surface area contributed by atoms with Gasteiger partial charge in [0.05, 0.1) is 4.90 Å². The summed E-state index contributed by atoms with van der Waals surface area (Å²) < 4.78 is 38.9. The molecule has 3 nitrogen and oxygen atoms in total. The second kappa shape index (κ2) is 22.1. The van der Waals surface area contributed by atoms with Crippen LogP contribution in [-0.2, 0) is 23.0 Å². The van der Waals surface area contributed by atoms with Crippen LogP contribution in [0.5, 0.6) is 0 Å². The Balaban J connectivity index is 1.70. The van der Waals surface area contributed by atoms with E-state index in [1.807, 2.05) is 41.6 Å². The zero-order valence-electron chi connectivity index (χ0n) is 29.6. The van der Waals surface area contributed by atoms with Crippen LogP contribution in [0.2, 0.25) is 0 Å². The van der Waals surface area contributed by atoms with Gasteiger partial charge in [-0.2, -0.15) is 0 Å². The molecule has 0 unspecified atom stereocenters. The lowest BCUT2D eigenvalue weighted by Crippen LogP contribution is -3.34. The summed E-state index contributed by atoms with van der Waals surface area (Å²) in [5.74, 6) is 0. The van der Waals surface area contributed by atoms with E-state index in [4.69, 9.17) is 0 Å². The van der Waals surface area contributed by atoms with Crippen molar-refractivity contribution in [3.8, 4) is 22.3 Å². The molecule has 0 N–H and O–H groups in total. The van der Waals surface area contributed by atoms with Gasteiger partial charge in [0.25, 0.3) is 22.6 Å². The van der Waals surface area contributed by atoms with Crippen LogP contribution in [0.4, 0.5) is 0 Å². The Morgan fingerprint density at radius 3 is 1.49 bits per heavy atom. The maximum atomic E-state index is 12.6. The molecule has 3 rings (SSSR count). The molecule has 0 saturated carbocycles. The van der Waals surface area contributed by atoms with Gasteiger partial charge in [0.1, 0.15) is 10.1 Å². The molecule has 260 valence electrons. The van der Waals surface area contributed by atoms with Crippen molar-refractivity contribution in [3.05, 3.63) is 74.9 Å². The Hall–Kier alpha value is -1.70. The van der Waals surface area contributed by atoms with Gasteiger partial charge in [-0.3, -0.25) is 0 Å². The highest BCUT2D eigenvalue weighted by Crippen LogP contribution is 2.40. The molecule has 0 aliphatic carbocycles. The van der Waals surface area contributed by atoms with E-state index in [1.54, 1.807) is 6.07 Å². The summed E-state index contributed by atoms with van der Waals surface area (Å²) in [5.41, 5.74) is 6.71. The first-order valence-electron chi connectivity index (χ1n) is 18.7. The molecular formula is C42H61IO3S. The molecule has 0 aromatic heterocycles. The zero-order chi connectivity index (χ0) is 33.9. The fraction of sp³-hybridized carbons (Fsp3) is 0.571. The third-order valence-electron chi connectivity index (χ3n) is 9.59. The van der Waals surface area contributed by atoms with Crippen LogP contribution in [0.25, 0.3) is 22.3 Å². The van der Waals surface area contributed by atoms with Crippen LogP contribution in [0.15, 0.2) is 59.5 Å². The Bertz CT molecular complexity index is 1430. The molecule has 0 radical (unpaired) electrons. The first-order chi connectivity index (χ1) is 22.8. The summed E-state index contributed by atoms with van der Waals surface area (Å²) in [6.45, 7) is 6.55. The minimum atomic E-state index is -4.67. The molecule has 0 saturated heterocycles. The summed E-state index contributed by atoms with van der Waals surface area (Å²) in [6.07, 6.45) is 26.9. The van der Waals surface area contributed by atoms with Crippen LogP contribution < -0.4 is 22.6 Å². The predicted molar refractivity (Wildman–Crippen MR) is 197 cm³/mol. The average Bonchev–Trinajstić information content (AvgIpc) is 3.05. The molecule has 0 fully saturated rings. The molecule has 0 atom stereocenters. The fourth-order valence-corrected chi connectivity index (χ4v) is 8.11. The van der Waals surface area contributed by atoms with E-state index in [0.29, 0.717) is 5.56 Å². The number of rotatable bonds is 24. The topological polar surface area (TPSA) is 57.2 Å². The minimum Gasteiger partial charge on any atom is -0.744 e. The standard InChI is InChI=1S/C42H61IO3S/c1-4-6-8-10-12-14-15-16-18-20-22-24-36-28-31-39(43)38(33-36)41-34(3)25-32-40(47(44,45)46)42(41)37-29-26-35(27-30-37)23-21-19-17-13-11-9-7-5-2/h25-33,43H,4-24H2,1-3H3. The van der Waals surface area contributed by atoms with Crippen molar-refractivity contribution in [2.24, 2.45) is 0 Å². The SMILES string of the molecule is CCCCCCCCCCCCCc1ccc([IH+])c(-c2c(C)ccc(S(=O)(=O)[O-])c2-c2ccc(CCCCCCCCCC)cc2)c1. The largest absolute Gasteiger partial charge is 0.744 e. The molecule has 0 spiro atoms. The van der Waals surface area contributed by atoms with Gasteiger partial charge in [0, 0.05) is 11.1 Å². The summed E-state index contributed by atoms with van der Waals surface area (Å²) in [7, 11) is -4.67. The van der Waals surface area contributed by atoms with Crippen molar-refractivity contribution >= 4 is 10.1 Å². The van der Waals surface area contributed by atoms with Crippen molar-refractivity contribution in [2.45, 2.75) is 161 Å². The van der Waals surface area contributed by atoms with Gasteiger partial charge >= 0.3 is 0 Å². The first-order valence-corrected chi connectivity index (χ1v) is 21.3.